The maximum atomic E-state index is 12.0. The topological polar surface area (TPSA) is 163 Å². The lowest BCUT2D eigenvalue weighted by atomic mass is 9.82. The Labute approximate surface area is 167 Å². The van der Waals surface area contributed by atoms with Crippen LogP contribution in [0.3, 0.4) is 0 Å². The van der Waals surface area contributed by atoms with Crippen LogP contribution < -0.4 is 16.3 Å². The van der Waals surface area contributed by atoms with Crippen LogP contribution in [0.25, 0.3) is 0 Å². The summed E-state index contributed by atoms with van der Waals surface area (Å²) in [6.07, 6.45) is 2.07. The lowest BCUT2D eigenvalue weighted by molar-refractivity contribution is -0.423. The fraction of sp³-hybridized carbons (Fsp3) is 0.800. The molecule has 6 N–H and O–H groups in total. The quantitative estimate of drug-likeness (QED) is 0.0534. The highest BCUT2D eigenvalue weighted by Gasteiger charge is 2.33. The molecule has 0 saturated heterocycles. The van der Waals surface area contributed by atoms with Crippen molar-refractivity contribution in [3.8, 4) is 0 Å². The number of nitrogens with two attached hydrogens (primary N) is 1. The second-order valence-electron chi connectivity index (χ2n) is 6.35. The van der Waals surface area contributed by atoms with Gasteiger partial charge in [0.1, 0.15) is 0 Å². The molecule has 0 heterocycles. The molecule has 0 atom stereocenters. The number of carbonyl (C=O) groups is 1. The Bertz CT molecular complexity index is 507. The second kappa shape index (κ2) is 15.3. The zero-order chi connectivity index (χ0) is 21.5. The van der Waals surface area contributed by atoms with Gasteiger partial charge in [-0.25, -0.2) is 4.79 Å². The number of rotatable bonds is 16. The summed E-state index contributed by atoms with van der Waals surface area (Å²) in [5.41, 5.74) is 4.89. The van der Waals surface area contributed by atoms with Crippen LogP contribution in [-0.4, -0.2) is 79.7 Å². The molecule has 0 aromatic heterocycles. The highest BCUT2D eigenvalue weighted by Crippen LogP contribution is 2.20. The molecule has 0 spiro atoms. The molecule has 0 rings (SSSR count). The van der Waals surface area contributed by atoms with Crippen molar-refractivity contribution in [2.45, 2.75) is 39.3 Å². The average Bonchev–Trinajstić information content (AvgIpc) is 2.62. The number of carbonyl (C=O) groups excluding carboxylic acids is 1. The third-order valence-corrected chi connectivity index (χ3v) is 3.97. The van der Waals surface area contributed by atoms with Crippen molar-refractivity contribution < 1.29 is 24.5 Å². The van der Waals surface area contributed by atoms with Gasteiger partial charge in [-0.1, -0.05) is 0 Å². The second-order valence-corrected chi connectivity index (χ2v) is 6.35. The zero-order valence-corrected chi connectivity index (χ0v) is 17.0. The molecule has 160 valence electrons. The average molecular weight is 401 g/mol. The number of esters is 1. The minimum atomic E-state index is -1.05. The summed E-state index contributed by atoms with van der Waals surface area (Å²) in [5, 5.41) is 37.0. The van der Waals surface area contributed by atoms with E-state index in [0.29, 0.717) is 32.5 Å². The summed E-state index contributed by atoms with van der Waals surface area (Å²) >= 11 is 0. The number of hydrogen-bond donors (Lipinski definition) is 5. The molecule has 0 unspecified atom stereocenters. The maximum Gasteiger partial charge on any atom is 0.411 e. The first-order valence-electron chi connectivity index (χ1n) is 9.49. The van der Waals surface area contributed by atoms with Gasteiger partial charge in [0.15, 0.2) is 0 Å². The van der Waals surface area contributed by atoms with Crippen LogP contribution in [0, 0.1) is 10.1 Å². The van der Waals surface area contributed by atoms with Gasteiger partial charge >= 0.3 is 25.8 Å². The Balaban J connectivity index is 5.38. The van der Waals surface area contributed by atoms with E-state index in [0.717, 1.165) is 20.1 Å². The van der Waals surface area contributed by atoms with Gasteiger partial charge in [0.25, 0.3) is 0 Å². The molecule has 0 saturated carbocycles. The van der Waals surface area contributed by atoms with Gasteiger partial charge in [-0.05, 0) is 65.5 Å². The number of methoxy groups -OCH3 is 1. The van der Waals surface area contributed by atoms with Crippen LogP contribution in [0.1, 0.15) is 25.7 Å². The number of nitrogens with one attached hydrogen (secondary N) is 2. The SMILES string of the molecule is COC(=O)/C(=C(/CCCNCCCN)N(CCCNB(C)O)B(C)O)[N+](=O)[O-]. The maximum absolute atomic E-state index is 12.0. The summed E-state index contributed by atoms with van der Waals surface area (Å²) in [6.45, 7) is 5.67. The minimum absolute atomic E-state index is 0.129. The van der Waals surface area contributed by atoms with Gasteiger partial charge in [0, 0.05) is 6.54 Å². The molecule has 0 bridgehead atoms. The Kier molecular flexibility index (Phi) is 14.4. The predicted octanol–water partition coefficient (Wildman–Crippen LogP) is -1.13. The van der Waals surface area contributed by atoms with E-state index < -0.39 is 30.7 Å². The molecule has 0 aromatic carbocycles. The number of allylic oxidation sites excluding steroid dienone is 1. The molecule has 0 amide bonds. The normalized spacial score (nSPS) is 11.6. The first kappa shape index (κ1) is 26.3. The summed E-state index contributed by atoms with van der Waals surface area (Å²) < 4.78 is 4.58. The van der Waals surface area contributed by atoms with Crippen LogP contribution in [0.4, 0.5) is 0 Å². The van der Waals surface area contributed by atoms with Crippen molar-refractivity contribution in [3.63, 3.8) is 0 Å². The van der Waals surface area contributed by atoms with Crippen LogP contribution in [-0.2, 0) is 9.53 Å². The Hall–Kier alpha value is -1.66. The van der Waals surface area contributed by atoms with Crippen LogP contribution in [0.2, 0.25) is 13.6 Å². The molecule has 0 aliphatic rings. The van der Waals surface area contributed by atoms with Crippen molar-refractivity contribution in [1.29, 1.82) is 0 Å². The third kappa shape index (κ3) is 10.6. The van der Waals surface area contributed by atoms with Crippen LogP contribution in [0.5, 0.6) is 0 Å². The predicted molar refractivity (Wildman–Crippen MR) is 109 cm³/mol. The van der Waals surface area contributed by atoms with E-state index >= 15 is 0 Å². The van der Waals surface area contributed by atoms with Gasteiger partial charge in [-0.15, -0.1) is 0 Å². The van der Waals surface area contributed by atoms with E-state index in [-0.39, 0.29) is 18.7 Å². The fourth-order valence-corrected chi connectivity index (χ4v) is 2.63. The molecule has 0 fully saturated rings. The zero-order valence-electron chi connectivity index (χ0n) is 17.0. The van der Waals surface area contributed by atoms with Crippen LogP contribution >= 0.6 is 0 Å². The third-order valence-electron chi connectivity index (χ3n) is 3.97. The monoisotopic (exact) mass is 401 g/mol. The number of hydrogen-bond acceptors (Lipinski definition) is 10. The highest BCUT2D eigenvalue weighted by molar-refractivity contribution is 6.46. The molecule has 28 heavy (non-hydrogen) atoms. The molecule has 0 aliphatic heterocycles. The van der Waals surface area contributed by atoms with Gasteiger partial charge in [-0.2, -0.15) is 0 Å². The Morgan fingerprint density at radius 2 is 1.86 bits per heavy atom. The fourth-order valence-electron chi connectivity index (χ4n) is 2.63. The number of nitrogens with zero attached hydrogens (tertiary/aromatic N) is 2. The van der Waals surface area contributed by atoms with Crippen molar-refractivity contribution in [3.05, 3.63) is 21.5 Å². The molecule has 11 nitrogen and oxygen atoms in total. The molecule has 13 heteroatoms. The van der Waals surface area contributed by atoms with E-state index in [4.69, 9.17) is 5.73 Å². The summed E-state index contributed by atoms with van der Waals surface area (Å²) in [6, 6.07) is 0. The molecular formula is C15H33B2N5O6. The van der Waals surface area contributed by atoms with E-state index in [1.54, 1.807) is 6.82 Å². The first-order valence-corrected chi connectivity index (χ1v) is 9.49. The van der Waals surface area contributed by atoms with Crippen molar-refractivity contribution in [2.24, 2.45) is 5.73 Å². The van der Waals surface area contributed by atoms with Crippen LogP contribution in [0.15, 0.2) is 11.4 Å². The Morgan fingerprint density at radius 3 is 2.36 bits per heavy atom. The summed E-state index contributed by atoms with van der Waals surface area (Å²) in [7, 11) is -0.637. The van der Waals surface area contributed by atoms with E-state index in [2.05, 4.69) is 15.3 Å². The van der Waals surface area contributed by atoms with Gasteiger partial charge in [-0.3, -0.25) is 10.1 Å². The van der Waals surface area contributed by atoms with Gasteiger partial charge < -0.3 is 35.9 Å². The van der Waals surface area contributed by atoms with E-state index in [1.165, 1.54) is 11.6 Å². The smallest absolute Gasteiger partial charge is 0.411 e. The molecule has 0 radical (unpaired) electrons. The largest absolute Gasteiger partial charge is 0.461 e. The standard InChI is InChI=1S/C15H33B2N5O6/c1-16(24)20-11-6-12-21(17(2)25)13(7-4-9-19-10-5-8-18)14(22(26)27)15(23)28-3/h19-20,24-25H,4-12,18H2,1-3H3/b14-13+. The minimum Gasteiger partial charge on any atom is -0.461 e. The lowest BCUT2D eigenvalue weighted by Crippen LogP contribution is -2.41. The van der Waals surface area contributed by atoms with Crippen molar-refractivity contribution >= 4 is 20.1 Å². The lowest BCUT2D eigenvalue weighted by Gasteiger charge is -2.28. The number of ether oxygens (including phenoxy) is 1. The Morgan fingerprint density at radius 1 is 1.21 bits per heavy atom. The molecular weight excluding hydrogens is 368 g/mol. The van der Waals surface area contributed by atoms with E-state index in [1.807, 2.05) is 0 Å². The van der Waals surface area contributed by atoms with Gasteiger partial charge in [0.2, 0.25) is 0 Å². The number of nitro groups is 1. The molecule has 0 aromatic rings. The first-order chi connectivity index (χ1) is 13.3. The van der Waals surface area contributed by atoms with Crippen molar-refractivity contribution in [2.75, 3.05) is 39.8 Å². The highest BCUT2D eigenvalue weighted by atomic mass is 16.6. The summed E-state index contributed by atoms with van der Waals surface area (Å²) in [4.78, 5) is 24.2. The molecule has 0 aliphatic carbocycles. The van der Waals surface area contributed by atoms with E-state index in [9.17, 15) is 25.0 Å². The van der Waals surface area contributed by atoms with Gasteiger partial charge in [0.05, 0.1) is 17.7 Å². The summed E-state index contributed by atoms with van der Waals surface area (Å²) in [5.74, 6) is -1.05. The van der Waals surface area contributed by atoms with Crippen molar-refractivity contribution in [1.82, 2.24) is 15.4 Å².